The minimum absolute atomic E-state index is 0. The van der Waals surface area contributed by atoms with E-state index >= 15 is 0 Å². The molecular weight excluding hydrogens is 1050 g/mol. The van der Waals surface area contributed by atoms with Gasteiger partial charge in [0.25, 0.3) is 6.33 Å². The molecule has 0 saturated heterocycles. The molecule has 0 aliphatic heterocycles. The van der Waals surface area contributed by atoms with E-state index in [9.17, 15) is 5.48 Å². The molecule has 0 unspecified atom stereocenters. The number of nitrogens with zero attached hydrogens (tertiary/aromatic N) is 4. The third kappa shape index (κ3) is 8.01. The van der Waals surface area contributed by atoms with Crippen molar-refractivity contribution in [2.45, 2.75) is 71.1 Å². The van der Waals surface area contributed by atoms with Gasteiger partial charge < -0.3 is 13.9 Å². The Bertz CT molecular complexity index is 4290. The van der Waals surface area contributed by atoms with Crippen LogP contribution in [0.4, 0.5) is 0 Å². The van der Waals surface area contributed by atoms with Crippen LogP contribution in [0.1, 0.15) is 85.3 Å². The fourth-order valence-corrected chi connectivity index (χ4v) is 10.9. The number of imidazole rings is 1. The molecule has 352 valence electrons. The number of para-hydroxylation sites is 3. The van der Waals surface area contributed by atoms with Crippen LogP contribution in [0.2, 0.25) is 0 Å². The maximum Gasteiger partial charge on any atom is 0.268 e. The van der Waals surface area contributed by atoms with Gasteiger partial charge in [0.2, 0.25) is 0 Å². The minimum Gasteiger partial charge on any atom is -0.510 e. The predicted molar refractivity (Wildman–Crippen MR) is 286 cm³/mol. The summed E-state index contributed by atoms with van der Waals surface area (Å²) in [6.45, 7) is 15.3. The standard InChI is InChI=1S/C65H54N4O.Pt/c1-63(2,3)46-34-35-66-60(38-46)69-56-29-15-14-26-51(56)52-33-32-49(40-59(52)69)70-48-25-18-24-47(39-48)67-42-68(58-31-17-16-30-57(58)67)62-53(43-20-10-8-11-21-43)36-45(37-54(62)44-22-12-9-13-23-44)50-27-19-28-55-61(50)65(6,7)41-64(55,4)5;/h8-38H,41H2,1-7H3;/q-2;/i8D,9D,10D,11D,12D,13D,20D,21D,22D,23D;. The molecule has 0 radical (unpaired) electrons. The molecule has 3 aromatic heterocycles. The molecule has 12 rings (SSSR count). The number of aromatic nitrogens is 4. The molecule has 8 aromatic carbocycles. The van der Waals surface area contributed by atoms with E-state index in [0.717, 1.165) is 56.3 Å². The maximum atomic E-state index is 9.50. The molecule has 0 atom stereocenters. The van der Waals surface area contributed by atoms with Crippen LogP contribution < -0.4 is 9.30 Å². The van der Waals surface area contributed by atoms with Gasteiger partial charge in [0.15, 0.2) is 0 Å². The van der Waals surface area contributed by atoms with Crippen LogP contribution in [0.25, 0.3) is 83.4 Å². The summed E-state index contributed by atoms with van der Waals surface area (Å²) in [4.78, 5) is 4.83. The van der Waals surface area contributed by atoms with E-state index in [4.69, 9.17) is 17.9 Å². The van der Waals surface area contributed by atoms with Crippen LogP contribution in [0.15, 0.2) is 188 Å². The molecule has 3 heterocycles. The third-order valence-electron chi connectivity index (χ3n) is 13.7. The topological polar surface area (TPSA) is 35.9 Å². The Labute approximate surface area is 445 Å². The quantitative estimate of drug-likeness (QED) is 0.112. The monoisotopic (exact) mass is 1110 g/mol. The van der Waals surface area contributed by atoms with Gasteiger partial charge in [-0.2, -0.15) is 18.2 Å². The number of rotatable bonds is 8. The first-order chi connectivity index (χ1) is 38.0. The van der Waals surface area contributed by atoms with E-state index < -0.39 is 60.4 Å². The SMILES string of the molecule is [2H]c1c([2H])c([2H])c(-c2cc(-c3cccc4c3C(C)(C)CC4(C)C)cc(-c3c([2H])c([2H])c([2H])c([2H])c3[2H])c2-[n+]2[c-]n(-c3[c-]c(Oc4[c-]c5c(cc4)c4ccccc4n5-c4cc(C(C)(C)C)ccn4)ccc3)c3ccccc32)c([2H])c1[2H].[Pt]. The molecule has 0 spiro atoms. The minimum atomic E-state index is -0.576. The second-order valence-electron chi connectivity index (χ2n) is 20.4. The molecule has 6 heteroatoms. The molecule has 0 amide bonds. The zero-order valence-electron chi connectivity index (χ0n) is 50.3. The second kappa shape index (κ2) is 17.5. The summed E-state index contributed by atoms with van der Waals surface area (Å²) in [6.07, 6.45) is 6.18. The van der Waals surface area contributed by atoms with E-state index in [1.807, 2.05) is 85.1 Å². The van der Waals surface area contributed by atoms with E-state index in [-0.39, 0.29) is 65.3 Å². The average molecular weight is 1110 g/mol. The van der Waals surface area contributed by atoms with Crippen molar-refractivity contribution in [1.29, 1.82) is 0 Å². The Balaban J connectivity index is 0.00000690. The van der Waals surface area contributed by atoms with Gasteiger partial charge in [-0.05, 0) is 114 Å². The average Bonchev–Trinajstić information content (AvgIpc) is 4.13. The Morgan fingerprint density at radius 2 is 1.30 bits per heavy atom. The van der Waals surface area contributed by atoms with Crippen molar-refractivity contribution >= 4 is 32.8 Å². The van der Waals surface area contributed by atoms with Crippen LogP contribution >= 0.6 is 0 Å². The summed E-state index contributed by atoms with van der Waals surface area (Å²) in [7, 11) is 0. The summed E-state index contributed by atoms with van der Waals surface area (Å²) >= 11 is 0. The fourth-order valence-electron chi connectivity index (χ4n) is 10.9. The van der Waals surface area contributed by atoms with Gasteiger partial charge in [0.05, 0.1) is 30.4 Å². The van der Waals surface area contributed by atoms with Crippen molar-refractivity contribution in [3.8, 4) is 62.1 Å². The number of benzene rings is 8. The van der Waals surface area contributed by atoms with Crippen molar-refractivity contribution in [2.24, 2.45) is 0 Å². The summed E-state index contributed by atoms with van der Waals surface area (Å²) < 4.78 is 103. The third-order valence-corrected chi connectivity index (χ3v) is 13.7. The van der Waals surface area contributed by atoms with E-state index in [1.165, 1.54) is 0 Å². The van der Waals surface area contributed by atoms with Crippen molar-refractivity contribution in [2.75, 3.05) is 0 Å². The normalized spacial score (nSPS) is 15.9. The molecule has 1 aliphatic carbocycles. The first-order valence-electron chi connectivity index (χ1n) is 28.5. The van der Waals surface area contributed by atoms with Crippen LogP contribution in [0, 0.1) is 18.5 Å². The maximum absolute atomic E-state index is 9.50. The first kappa shape index (κ1) is 35.7. The first-order valence-corrected chi connectivity index (χ1v) is 23.5. The van der Waals surface area contributed by atoms with Crippen LogP contribution in [-0.2, 0) is 37.3 Å². The summed E-state index contributed by atoms with van der Waals surface area (Å²) in [5.74, 6) is 1.54. The Hall–Kier alpha value is -7.33. The van der Waals surface area contributed by atoms with E-state index in [1.54, 1.807) is 27.3 Å². The van der Waals surface area contributed by atoms with Gasteiger partial charge in [0.1, 0.15) is 5.82 Å². The van der Waals surface area contributed by atoms with Gasteiger partial charge in [-0.15, -0.1) is 29.7 Å². The second-order valence-corrected chi connectivity index (χ2v) is 20.4. The molecule has 71 heavy (non-hydrogen) atoms. The Morgan fingerprint density at radius 3 is 2.01 bits per heavy atom. The van der Waals surface area contributed by atoms with E-state index in [2.05, 4.69) is 95.8 Å². The molecule has 0 saturated carbocycles. The van der Waals surface area contributed by atoms with Crippen molar-refractivity contribution in [3.05, 3.63) is 223 Å². The number of hydrogen-bond donors (Lipinski definition) is 0. The number of pyridine rings is 1. The molecule has 11 aromatic rings. The number of fused-ring (bicyclic) bond motifs is 5. The van der Waals surface area contributed by atoms with Gasteiger partial charge in [-0.25, -0.2) is 4.98 Å². The Morgan fingerprint density at radius 1 is 0.634 bits per heavy atom. The predicted octanol–water partition coefficient (Wildman–Crippen LogP) is 15.8. The largest absolute Gasteiger partial charge is 0.510 e. The Kier molecular flexibility index (Phi) is 8.81. The van der Waals surface area contributed by atoms with Gasteiger partial charge in [0, 0.05) is 44.3 Å². The summed E-state index contributed by atoms with van der Waals surface area (Å²) in [5.41, 5.74) is 7.62. The number of hydrogen-bond acceptors (Lipinski definition) is 2. The van der Waals surface area contributed by atoms with Crippen LogP contribution in [-0.4, -0.2) is 14.1 Å². The molecule has 0 N–H and O–H groups in total. The molecule has 1 aliphatic rings. The molecular formula is C65H54N4OPt-2. The van der Waals surface area contributed by atoms with Gasteiger partial charge in [-0.3, -0.25) is 4.57 Å². The molecule has 0 bridgehead atoms. The zero-order valence-corrected chi connectivity index (χ0v) is 42.6. The smallest absolute Gasteiger partial charge is 0.268 e. The zero-order chi connectivity index (χ0) is 56.6. The van der Waals surface area contributed by atoms with Crippen LogP contribution in [0.3, 0.4) is 0 Å². The number of ether oxygens (including phenoxy) is 1. The molecule has 0 fully saturated rings. The summed E-state index contributed by atoms with van der Waals surface area (Å²) in [6, 6.07) is 40.5. The van der Waals surface area contributed by atoms with Gasteiger partial charge >= 0.3 is 0 Å². The molecule has 5 nitrogen and oxygen atoms in total. The van der Waals surface area contributed by atoms with E-state index in [0.29, 0.717) is 33.8 Å². The van der Waals surface area contributed by atoms with Crippen LogP contribution in [0.5, 0.6) is 11.5 Å². The van der Waals surface area contributed by atoms with Crippen molar-refractivity contribution in [3.63, 3.8) is 0 Å². The van der Waals surface area contributed by atoms with Crippen molar-refractivity contribution in [1.82, 2.24) is 14.1 Å². The van der Waals surface area contributed by atoms with Crippen molar-refractivity contribution < 1.29 is 44.1 Å². The van der Waals surface area contributed by atoms with Gasteiger partial charge in [-0.1, -0.05) is 175 Å². The summed E-state index contributed by atoms with van der Waals surface area (Å²) in [5, 5.41) is 2.02. The fraction of sp³-hybridized carbons (Fsp3) is 0.169.